The van der Waals surface area contributed by atoms with Gasteiger partial charge in [0.1, 0.15) is 0 Å². The molecule has 0 aliphatic carbocycles. The standard InChI is InChI=1S/C8H17NOS/c1-8(2,10)7-9-3-5-11-6-4-9/h10H,3-7H2,1-2H3. The first-order valence-electron chi connectivity index (χ1n) is 4.10. The number of aliphatic hydroxyl groups is 1. The van der Waals surface area contributed by atoms with Gasteiger partial charge in [0, 0.05) is 31.1 Å². The number of thioether (sulfide) groups is 1. The monoisotopic (exact) mass is 175 g/mol. The highest BCUT2D eigenvalue weighted by Gasteiger charge is 2.19. The minimum absolute atomic E-state index is 0.526. The van der Waals surface area contributed by atoms with E-state index in [9.17, 15) is 5.11 Å². The minimum atomic E-state index is -0.526. The summed E-state index contributed by atoms with van der Waals surface area (Å²) in [5, 5.41) is 9.52. The van der Waals surface area contributed by atoms with E-state index in [-0.39, 0.29) is 0 Å². The number of hydrogen-bond acceptors (Lipinski definition) is 3. The van der Waals surface area contributed by atoms with Gasteiger partial charge in [-0.15, -0.1) is 0 Å². The van der Waals surface area contributed by atoms with E-state index in [1.54, 1.807) is 0 Å². The van der Waals surface area contributed by atoms with E-state index in [1.165, 1.54) is 11.5 Å². The lowest BCUT2D eigenvalue weighted by Gasteiger charge is -2.31. The Balaban J connectivity index is 2.24. The molecule has 1 aliphatic rings. The molecule has 0 aromatic heterocycles. The van der Waals surface area contributed by atoms with E-state index >= 15 is 0 Å². The molecule has 0 aromatic carbocycles. The quantitative estimate of drug-likeness (QED) is 0.672. The Hall–Kier alpha value is 0.270. The molecule has 11 heavy (non-hydrogen) atoms. The molecule has 0 saturated carbocycles. The van der Waals surface area contributed by atoms with Crippen molar-refractivity contribution < 1.29 is 5.11 Å². The lowest BCUT2D eigenvalue weighted by Crippen LogP contribution is -2.42. The summed E-state index contributed by atoms with van der Waals surface area (Å²) in [5.41, 5.74) is -0.526. The van der Waals surface area contributed by atoms with Gasteiger partial charge < -0.3 is 5.11 Å². The van der Waals surface area contributed by atoms with Crippen molar-refractivity contribution in [3.05, 3.63) is 0 Å². The second kappa shape index (κ2) is 3.78. The van der Waals surface area contributed by atoms with Gasteiger partial charge in [0.25, 0.3) is 0 Å². The third kappa shape index (κ3) is 3.99. The van der Waals surface area contributed by atoms with Crippen LogP contribution in [0.25, 0.3) is 0 Å². The fourth-order valence-corrected chi connectivity index (χ4v) is 2.29. The summed E-state index contributed by atoms with van der Waals surface area (Å²) in [4.78, 5) is 2.33. The Morgan fingerprint density at radius 2 is 1.91 bits per heavy atom. The summed E-state index contributed by atoms with van der Waals surface area (Å²) in [6.45, 7) is 6.82. The summed E-state index contributed by atoms with van der Waals surface area (Å²) in [6, 6.07) is 0. The van der Waals surface area contributed by atoms with Crippen molar-refractivity contribution in [2.24, 2.45) is 0 Å². The molecule has 1 rings (SSSR count). The molecule has 0 bridgehead atoms. The van der Waals surface area contributed by atoms with E-state index in [4.69, 9.17) is 0 Å². The molecule has 0 atom stereocenters. The predicted octanol–water partition coefficient (Wildman–Crippen LogP) is 0.806. The third-order valence-corrected chi connectivity index (χ3v) is 2.66. The van der Waals surface area contributed by atoms with Crippen molar-refractivity contribution in [3.8, 4) is 0 Å². The molecule has 2 nitrogen and oxygen atoms in total. The molecular formula is C8H17NOS. The molecule has 1 aliphatic heterocycles. The van der Waals surface area contributed by atoms with Gasteiger partial charge in [-0.25, -0.2) is 0 Å². The van der Waals surface area contributed by atoms with Gasteiger partial charge in [-0.1, -0.05) is 0 Å². The predicted molar refractivity (Wildman–Crippen MR) is 50.1 cm³/mol. The van der Waals surface area contributed by atoms with Crippen LogP contribution in [0.2, 0.25) is 0 Å². The number of nitrogens with zero attached hydrogens (tertiary/aromatic N) is 1. The highest BCUT2D eigenvalue weighted by molar-refractivity contribution is 7.99. The van der Waals surface area contributed by atoms with Gasteiger partial charge in [-0.2, -0.15) is 11.8 Å². The summed E-state index contributed by atoms with van der Waals surface area (Å²) >= 11 is 2.00. The summed E-state index contributed by atoms with van der Waals surface area (Å²) in [5.74, 6) is 2.44. The summed E-state index contributed by atoms with van der Waals surface area (Å²) in [7, 11) is 0. The smallest absolute Gasteiger partial charge is 0.0718 e. The maximum Gasteiger partial charge on any atom is 0.0718 e. The van der Waals surface area contributed by atoms with Gasteiger partial charge in [-0.3, -0.25) is 4.90 Å². The van der Waals surface area contributed by atoms with Gasteiger partial charge >= 0.3 is 0 Å². The maximum atomic E-state index is 9.52. The Kier molecular flexibility index (Phi) is 3.22. The van der Waals surface area contributed by atoms with Crippen LogP contribution in [0, 0.1) is 0 Å². The normalized spacial score (nSPS) is 22.1. The van der Waals surface area contributed by atoms with E-state index < -0.39 is 5.60 Å². The molecule has 0 unspecified atom stereocenters. The fourth-order valence-electron chi connectivity index (χ4n) is 1.31. The fraction of sp³-hybridized carbons (Fsp3) is 1.00. The van der Waals surface area contributed by atoms with Crippen molar-refractivity contribution >= 4 is 11.8 Å². The lowest BCUT2D eigenvalue weighted by molar-refractivity contribution is 0.0395. The van der Waals surface area contributed by atoms with Crippen molar-refractivity contribution in [1.29, 1.82) is 0 Å². The van der Waals surface area contributed by atoms with Crippen molar-refractivity contribution in [3.63, 3.8) is 0 Å². The van der Waals surface area contributed by atoms with Gasteiger partial charge in [0.05, 0.1) is 5.60 Å². The average Bonchev–Trinajstić information content (AvgIpc) is 1.85. The Labute approximate surface area is 73.0 Å². The van der Waals surface area contributed by atoms with Crippen LogP contribution in [0.15, 0.2) is 0 Å². The Bertz CT molecular complexity index is 116. The number of hydrogen-bond donors (Lipinski definition) is 1. The zero-order valence-electron chi connectivity index (χ0n) is 7.34. The Morgan fingerprint density at radius 3 is 2.36 bits per heavy atom. The van der Waals surface area contributed by atoms with Crippen LogP contribution in [0.3, 0.4) is 0 Å². The maximum absolute atomic E-state index is 9.52. The van der Waals surface area contributed by atoms with Crippen LogP contribution in [0.1, 0.15) is 13.8 Å². The van der Waals surface area contributed by atoms with Crippen molar-refractivity contribution in [1.82, 2.24) is 4.90 Å². The van der Waals surface area contributed by atoms with E-state index in [0.29, 0.717) is 0 Å². The van der Waals surface area contributed by atoms with Crippen LogP contribution < -0.4 is 0 Å². The van der Waals surface area contributed by atoms with Gasteiger partial charge in [0.2, 0.25) is 0 Å². The number of rotatable bonds is 2. The molecule has 1 fully saturated rings. The van der Waals surface area contributed by atoms with Crippen LogP contribution in [-0.4, -0.2) is 46.7 Å². The molecule has 1 heterocycles. The van der Waals surface area contributed by atoms with E-state index in [1.807, 2.05) is 25.6 Å². The molecule has 3 heteroatoms. The third-order valence-electron chi connectivity index (χ3n) is 1.71. The highest BCUT2D eigenvalue weighted by Crippen LogP contribution is 2.12. The van der Waals surface area contributed by atoms with Crippen molar-refractivity contribution in [2.45, 2.75) is 19.4 Å². The van der Waals surface area contributed by atoms with Gasteiger partial charge in [-0.05, 0) is 13.8 Å². The zero-order valence-corrected chi connectivity index (χ0v) is 8.15. The molecule has 66 valence electrons. The molecule has 0 aromatic rings. The molecule has 1 N–H and O–H groups in total. The summed E-state index contributed by atoms with van der Waals surface area (Å²) < 4.78 is 0. The minimum Gasteiger partial charge on any atom is -0.389 e. The van der Waals surface area contributed by atoms with E-state index in [2.05, 4.69) is 4.90 Å². The molecule has 1 saturated heterocycles. The first-order valence-corrected chi connectivity index (χ1v) is 5.26. The second-order valence-electron chi connectivity index (χ2n) is 3.70. The molecule has 0 radical (unpaired) electrons. The number of β-amino-alcohol motifs (C(OH)–C–C–N with tert-alkyl or cyclic N) is 1. The molecule has 0 spiro atoms. The van der Waals surface area contributed by atoms with E-state index in [0.717, 1.165) is 19.6 Å². The van der Waals surface area contributed by atoms with Gasteiger partial charge in [0.15, 0.2) is 0 Å². The van der Waals surface area contributed by atoms with Crippen molar-refractivity contribution in [2.75, 3.05) is 31.1 Å². The summed E-state index contributed by atoms with van der Waals surface area (Å²) in [6.07, 6.45) is 0. The first-order chi connectivity index (χ1) is 5.08. The van der Waals surface area contributed by atoms with Crippen LogP contribution in [0.4, 0.5) is 0 Å². The zero-order chi connectivity index (χ0) is 8.32. The average molecular weight is 175 g/mol. The molecule has 0 amide bonds. The Morgan fingerprint density at radius 1 is 1.36 bits per heavy atom. The van der Waals surface area contributed by atoms with Crippen LogP contribution in [-0.2, 0) is 0 Å². The highest BCUT2D eigenvalue weighted by atomic mass is 32.2. The van der Waals surface area contributed by atoms with Crippen LogP contribution in [0.5, 0.6) is 0 Å². The SMILES string of the molecule is CC(C)(O)CN1CCSCC1. The second-order valence-corrected chi connectivity index (χ2v) is 4.93. The largest absolute Gasteiger partial charge is 0.389 e. The lowest BCUT2D eigenvalue weighted by atomic mass is 10.1. The molecular weight excluding hydrogens is 158 g/mol. The topological polar surface area (TPSA) is 23.5 Å². The first kappa shape index (κ1) is 9.36. The van der Waals surface area contributed by atoms with Crippen LogP contribution >= 0.6 is 11.8 Å².